The van der Waals surface area contributed by atoms with Crippen molar-refractivity contribution in [2.75, 3.05) is 13.1 Å². The molecule has 0 radical (unpaired) electrons. The molecule has 0 unspecified atom stereocenters. The number of nitrogens with zero attached hydrogens (tertiary/aromatic N) is 1. The highest BCUT2D eigenvalue weighted by Crippen LogP contribution is 2.51. The number of rotatable bonds is 5. The molecule has 2 atom stereocenters. The maximum absolute atomic E-state index is 5.88. The molecule has 3 N–H and O–H groups in total. The fourth-order valence-electron chi connectivity index (χ4n) is 3.15. The highest BCUT2D eigenvalue weighted by atomic mass is 127. The summed E-state index contributed by atoms with van der Waals surface area (Å²) in [5, 5.41) is 3.31. The number of hydrogen-bond acceptors (Lipinski definition) is 1. The lowest BCUT2D eigenvalue weighted by Gasteiger charge is -2.25. The molecule has 3 aliphatic rings. The first-order chi connectivity index (χ1) is 8.33. The van der Waals surface area contributed by atoms with Crippen LogP contribution in [0.5, 0.6) is 0 Å². The third kappa shape index (κ3) is 3.52. The van der Waals surface area contributed by atoms with Crippen LogP contribution < -0.4 is 11.1 Å². The van der Waals surface area contributed by atoms with Gasteiger partial charge in [0.05, 0.1) is 0 Å². The number of halogens is 1. The Morgan fingerprint density at radius 3 is 2.44 bits per heavy atom. The van der Waals surface area contributed by atoms with E-state index in [9.17, 15) is 0 Å². The second-order valence-corrected chi connectivity index (χ2v) is 6.25. The lowest BCUT2D eigenvalue weighted by molar-refractivity contribution is 0.265. The van der Waals surface area contributed by atoms with Gasteiger partial charge in [0.15, 0.2) is 5.96 Å². The average Bonchev–Trinajstić information content (AvgIpc) is 2.89. The minimum absolute atomic E-state index is 0. The molecular formula is C14H26IN3. The van der Waals surface area contributed by atoms with Gasteiger partial charge in [0.25, 0.3) is 0 Å². The molecule has 18 heavy (non-hydrogen) atoms. The summed E-state index contributed by atoms with van der Waals surface area (Å²) >= 11 is 0. The molecule has 3 fully saturated rings. The normalized spacial score (nSPS) is 32.1. The smallest absolute Gasteiger partial charge is 0.188 e. The summed E-state index contributed by atoms with van der Waals surface area (Å²) in [6.45, 7) is 2.00. The predicted molar refractivity (Wildman–Crippen MR) is 86.2 cm³/mol. The largest absolute Gasteiger partial charge is 0.370 e. The topological polar surface area (TPSA) is 50.4 Å². The monoisotopic (exact) mass is 363 g/mol. The van der Waals surface area contributed by atoms with E-state index in [4.69, 9.17) is 5.73 Å². The Kier molecular flexibility index (Phi) is 5.15. The molecule has 0 spiro atoms. The molecule has 3 aliphatic carbocycles. The molecular weight excluding hydrogens is 337 g/mol. The van der Waals surface area contributed by atoms with Crippen LogP contribution in [-0.2, 0) is 0 Å². The van der Waals surface area contributed by atoms with Gasteiger partial charge in [-0.1, -0.05) is 25.7 Å². The number of guanidine groups is 1. The standard InChI is InChI=1S/C14H25N3.HI/c15-14(16-8-10-3-1-4-10)17-9-12-7-13(12)11-5-2-6-11;/h10-13H,1-9H2,(H3,15,16,17);1H/t12-,13-;/m0./s1. The van der Waals surface area contributed by atoms with Gasteiger partial charge < -0.3 is 11.1 Å². The van der Waals surface area contributed by atoms with Crippen LogP contribution >= 0.6 is 24.0 Å². The van der Waals surface area contributed by atoms with E-state index >= 15 is 0 Å². The molecule has 0 aromatic carbocycles. The van der Waals surface area contributed by atoms with E-state index < -0.39 is 0 Å². The van der Waals surface area contributed by atoms with Crippen LogP contribution in [0.1, 0.15) is 44.9 Å². The second-order valence-electron chi connectivity index (χ2n) is 6.25. The Hall–Kier alpha value is 0. The summed E-state index contributed by atoms with van der Waals surface area (Å²) in [6.07, 6.45) is 9.93. The van der Waals surface area contributed by atoms with Crippen molar-refractivity contribution in [1.82, 2.24) is 5.32 Å². The number of hydrogen-bond donors (Lipinski definition) is 2. The van der Waals surface area contributed by atoms with Crippen molar-refractivity contribution < 1.29 is 0 Å². The van der Waals surface area contributed by atoms with Gasteiger partial charge in [0.1, 0.15) is 0 Å². The maximum Gasteiger partial charge on any atom is 0.188 e. The zero-order chi connectivity index (χ0) is 11.7. The van der Waals surface area contributed by atoms with E-state index in [-0.39, 0.29) is 24.0 Å². The highest BCUT2D eigenvalue weighted by molar-refractivity contribution is 14.0. The van der Waals surface area contributed by atoms with Gasteiger partial charge in [-0.2, -0.15) is 0 Å². The van der Waals surface area contributed by atoms with E-state index in [0.717, 1.165) is 36.8 Å². The molecule has 0 bridgehead atoms. The van der Waals surface area contributed by atoms with E-state index in [1.807, 2.05) is 0 Å². The predicted octanol–water partition coefficient (Wildman–Crippen LogP) is 2.75. The minimum atomic E-state index is 0. The summed E-state index contributed by atoms with van der Waals surface area (Å²) in [5.41, 5.74) is 5.88. The molecule has 0 aromatic rings. The molecule has 0 aromatic heterocycles. The van der Waals surface area contributed by atoms with Crippen LogP contribution in [0.25, 0.3) is 0 Å². The molecule has 3 rings (SSSR count). The van der Waals surface area contributed by atoms with E-state index in [0.29, 0.717) is 5.96 Å². The Morgan fingerprint density at radius 1 is 1.17 bits per heavy atom. The molecule has 4 heteroatoms. The number of nitrogens with two attached hydrogens (primary N) is 1. The summed E-state index contributed by atoms with van der Waals surface area (Å²) in [6, 6.07) is 0. The fourth-order valence-corrected chi connectivity index (χ4v) is 3.15. The molecule has 3 nitrogen and oxygen atoms in total. The summed E-state index contributed by atoms with van der Waals surface area (Å²) in [4.78, 5) is 4.43. The Labute approximate surface area is 127 Å². The number of aliphatic imine (C=N–C) groups is 1. The molecule has 104 valence electrons. The van der Waals surface area contributed by atoms with Crippen LogP contribution in [-0.4, -0.2) is 19.0 Å². The van der Waals surface area contributed by atoms with Crippen molar-refractivity contribution in [2.24, 2.45) is 34.4 Å². The summed E-state index contributed by atoms with van der Waals surface area (Å²) < 4.78 is 0. The maximum atomic E-state index is 5.88. The minimum Gasteiger partial charge on any atom is -0.370 e. The zero-order valence-corrected chi connectivity index (χ0v) is 13.4. The van der Waals surface area contributed by atoms with Crippen molar-refractivity contribution in [3.05, 3.63) is 0 Å². The Morgan fingerprint density at radius 2 is 1.89 bits per heavy atom. The third-order valence-corrected chi connectivity index (χ3v) is 5.02. The van der Waals surface area contributed by atoms with Gasteiger partial charge in [0, 0.05) is 13.1 Å². The molecule has 0 aliphatic heterocycles. The first kappa shape index (κ1) is 14.4. The molecule has 0 amide bonds. The van der Waals surface area contributed by atoms with Gasteiger partial charge in [-0.05, 0) is 42.9 Å². The van der Waals surface area contributed by atoms with Crippen molar-refractivity contribution in [2.45, 2.75) is 44.9 Å². The lowest BCUT2D eigenvalue weighted by Crippen LogP contribution is -2.34. The van der Waals surface area contributed by atoms with Crippen molar-refractivity contribution in [3.8, 4) is 0 Å². The van der Waals surface area contributed by atoms with Crippen molar-refractivity contribution in [1.29, 1.82) is 0 Å². The molecule has 0 saturated heterocycles. The molecule has 3 saturated carbocycles. The summed E-state index contributed by atoms with van der Waals surface area (Å²) in [7, 11) is 0. The van der Waals surface area contributed by atoms with E-state index in [1.54, 1.807) is 0 Å². The number of nitrogens with one attached hydrogen (secondary N) is 1. The lowest BCUT2D eigenvalue weighted by atomic mass is 9.81. The Bertz CT molecular complexity index is 297. The molecule has 0 heterocycles. The van der Waals surface area contributed by atoms with Crippen LogP contribution in [0.2, 0.25) is 0 Å². The second kappa shape index (κ2) is 6.44. The van der Waals surface area contributed by atoms with Crippen LogP contribution in [0.3, 0.4) is 0 Å². The van der Waals surface area contributed by atoms with Gasteiger partial charge in [-0.3, -0.25) is 4.99 Å². The average molecular weight is 363 g/mol. The first-order valence-corrected chi connectivity index (χ1v) is 7.36. The third-order valence-electron chi connectivity index (χ3n) is 5.02. The van der Waals surface area contributed by atoms with Gasteiger partial charge in [0.2, 0.25) is 0 Å². The SMILES string of the molecule is I.NC(=NCC1CCC1)NC[C@@H]1C[C@H]1C1CCC1. The Balaban J connectivity index is 0.00000120. The van der Waals surface area contributed by atoms with Gasteiger partial charge in [-0.25, -0.2) is 0 Å². The zero-order valence-electron chi connectivity index (χ0n) is 11.1. The summed E-state index contributed by atoms with van der Waals surface area (Å²) in [5.74, 6) is 4.44. The van der Waals surface area contributed by atoms with Crippen LogP contribution in [0.4, 0.5) is 0 Å². The van der Waals surface area contributed by atoms with Crippen molar-refractivity contribution >= 4 is 29.9 Å². The van der Waals surface area contributed by atoms with Crippen molar-refractivity contribution in [3.63, 3.8) is 0 Å². The van der Waals surface area contributed by atoms with Gasteiger partial charge in [-0.15, -0.1) is 24.0 Å². The van der Waals surface area contributed by atoms with Crippen LogP contribution in [0.15, 0.2) is 4.99 Å². The van der Waals surface area contributed by atoms with Crippen LogP contribution in [0, 0.1) is 23.7 Å². The van der Waals surface area contributed by atoms with E-state index in [2.05, 4.69) is 10.3 Å². The highest BCUT2D eigenvalue weighted by Gasteiger charge is 2.44. The van der Waals surface area contributed by atoms with Gasteiger partial charge >= 0.3 is 0 Å². The van der Waals surface area contributed by atoms with E-state index in [1.165, 1.54) is 44.9 Å². The fraction of sp³-hybridized carbons (Fsp3) is 0.929. The quantitative estimate of drug-likeness (QED) is 0.448. The first-order valence-electron chi connectivity index (χ1n) is 7.36.